The van der Waals surface area contributed by atoms with Crippen molar-refractivity contribution in [3.8, 4) is 11.5 Å². The van der Waals surface area contributed by atoms with Gasteiger partial charge in [0.1, 0.15) is 18.2 Å². The van der Waals surface area contributed by atoms with Gasteiger partial charge in [0.05, 0.1) is 18.4 Å². The maximum absolute atomic E-state index is 12.9. The van der Waals surface area contributed by atoms with Gasteiger partial charge in [0.25, 0.3) is 5.91 Å². The van der Waals surface area contributed by atoms with E-state index in [1.54, 1.807) is 30.3 Å². The van der Waals surface area contributed by atoms with Crippen LogP contribution in [0.4, 0.5) is 4.39 Å². The Morgan fingerprint density at radius 2 is 1.90 bits per heavy atom. The molecule has 0 saturated carbocycles. The molecule has 1 amide bonds. The van der Waals surface area contributed by atoms with E-state index in [9.17, 15) is 9.18 Å². The summed E-state index contributed by atoms with van der Waals surface area (Å²) in [5.41, 5.74) is 3.08. The lowest BCUT2D eigenvalue weighted by molar-refractivity contribution is 0.0953. The molecule has 0 fully saturated rings. The van der Waals surface area contributed by atoms with Crippen LogP contribution in [0.15, 0.2) is 47.0 Å². The normalized spacial score (nSPS) is 10.6. The van der Waals surface area contributed by atoms with Crippen molar-refractivity contribution in [2.75, 3.05) is 13.7 Å². The van der Waals surface area contributed by atoms with Gasteiger partial charge < -0.3 is 19.3 Å². The summed E-state index contributed by atoms with van der Waals surface area (Å²) in [5, 5.41) is 6.76. The van der Waals surface area contributed by atoms with E-state index in [-0.39, 0.29) is 11.7 Å². The Morgan fingerprint density at radius 3 is 2.55 bits per heavy atom. The maximum Gasteiger partial charge on any atom is 0.251 e. The SMILES string of the molecule is COc1cc(C(=O)NCCc2ccc(F)cc2)ccc1OCc1c(C)noc1C. The number of carbonyl (C=O) groups is 1. The molecule has 152 valence electrons. The molecule has 0 atom stereocenters. The van der Waals surface area contributed by atoms with E-state index >= 15 is 0 Å². The van der Waals surface area contributed by atoms with Crippen molar-refractivity contribution in [3.05, 3.63) is 76.4 Å². The number of amides is 1. The zero-order valence-corrected chi connectivity index (χ0v) is 16.6. The third-order valence-corrected chi connectivity index (χ3v) is 4.59. The fourth-order valence-corrected chi connectivity index (χ4v) is 2.86. The summed E-state index contributed by atoms with van der Waals surface area (Å²) in [7, 11) is 1.52. The number of methoxy groups -OCH3 is 1. The van der Waals surface area contributed by atoms with Crippen molar-refractivity contribution in [1.29, 1.82) is 0 Å². The van der Waals surface area contributed by atoms with Gasteiger partial charge in [-0.05, 0) is 56.2 Å². The Morgan fingerprint density at radius 1 is 1.14 bits per heavy atom. The molecule has 0 aliphatic rings. The number of carbonyl (C=O) groups excluding carboxylic acids is 1. The number of rotatable bonds is 8. The summed E-state index contributed by atoms with van der Waals surface area (Å²) in [5.74, 6) is 1.20. The molecule has 1 N–H and O–H groups in total. The molecule has 0 aliphatic carbocycles. The number of benzene rings is 2. The average Bonchev–Trinajstić information content (AvgIpc) is 3.05. The lowest BCUT2D eigenvalue weighted by atomic mass is 10.1. The molecule has 2 aromatic carbocycles. The molecule has 29 heavy (non-hydrogen) atoms. The summed E-state index contributed by atoms with van der Waals surface area (Å²) >= 11 is 0. The van der Waals surface area contributed by atoms with Crippen LogP contribution in [-0.2, 0) is 13.0 Å². The predicted molar refractivity (Wildman–Crippen MR) is 106 cm³/mol. The Balaban J connectivity index is 1.59. The third kappa shape index (κ3) is 5.13. The van der Waals surface area contributed by atoms with Crippen LogP contribution in [0.1, 0.15) is 32.9 Å². The first-order valence-electron chi connectivity index (χ1n) is 9.23. The molecular formula is C22H23FN2O4. The van der Waals surface area contributed by atoms with Crippen LogP contribution in [0.25, 0.3) is 0 Å². The van der Waals surface area contributed by atoms with E-state index in [4.69, 9.17) is 14.0 Å². The highest BCUT2D eigenvalue weighted by Gasteiger charge is 2.14. The molecule has 0 unspecified atom stereocenters. The van der Waals surface area contributed by atoms with Gasteiger partial charge in [0, 0.05) is 12.1 Å². The number of hydrogen-bond donors (Lipinski definition) is 1. The Kier molecular flexibility index (Phi) is 6.49. The minimum atomic E-state index is -0.276. The molecule has 0 radical (unpaired) electrons. The van der Waals surface area contributed by atoms with Gasteiger partial charge in [-0.25, -0.2) is 4.39 Å². The molecule has 6 nitrogen and oxygen atoms in total. The van der Waals surface area contributed by atoms with Crippen LogP contribution in [0, 0.1) is 19.7 Å². The van der Waals surface area contributed by atoms with E-state index < -0.39 is 0 Å². The summed E-state index contributed by atoms with van der Waals surface area (Å²) in [6.45, 7) is 4.42. The molecular weight excluding hydrogens is 375 g/mol. The van der Waals surface area contributed by atoms with Crippen LogP contribution in [0.2, 0.25) is 0 Å². The summed E-state index contributed by atoms with van der Waals surface area (Å²) in [4.78, 5) is 12.4. The zero-order valence-electron chi connectivity index (χ0n) is 16.6. The lowest BCUT2D eigenvalue weighted by Crippen LogP contribution is -2.25. The van der Waals surface area contributed by atoms with Gasteiger partial charge >= 0.3 is 0 Å². The quantitative estimate of drug-likeness (QED) is 0.621. The van der Waals surface area contributed by atoms with E-state index in [1.807, 2.05) is 13.8 Å². The number of aromatic nitrogens is 1. The molecule has 0 saturated heterocycles. The average molecular weight is 398 g/mol. The second-order valence-electron chi connectivity index (χ2n) is 6.59. The fourth-order valence-electron chi connectivity index (χ4n) is 2.86. The van der Waals surface area contributed by atoms with Crippen molar-refractivity contribution in [1.82, 2.24) is 10.5 Å². The molecule has 7 heteroatoms. The first-order chi connectivity index (χ1) is 14.0. The summed E-state index contributed by atoms with van der Waals surface area (Å²) in [6, 6.07) is 11.2. The van der Waals surface area contributed by atoms with E-state index in [1.165, 1.54) is 19.2 Å². The van der Waals surface area contributed by atoms with Crippen molar-refractivity contribution in [2.24, 2.45) is 0 Å². The number of halogens is 1. The summed E-state index contributed by atoms with van der Waals surface area (Å²) < 4.78 is 29.3. The van der Waals surface area contributed by atoms with Crippen molar-refractivity contribution in [2.45, 2.75) is 26.9 Å². The Bertz CT molecular complexity index is 963. The monoisotopic (exact) mass is 398 g/mol. The highest BCUT2D eigenvalue weighted by molar-refractivity contribution is 5.94. The number of nitrogens with one attached hydrogen (secondary N) is 1. The predicted octanol–water partition coefficient (Wildman–Crippen LogP) is 3.99. The largest absolute Gasteiger partial charge is 0.493 e. The highest BCUT2D eigenvalue weighted by atomic mass is 19.1. The Labute approximate surface area is 168 Å². The second-order valence-corrected chi connectivity index (χ2v) is 6.59. The van der Waals surface area contributed by atoms with Crippen LogP contribution < -0.4 is 14.8 Å². The van der Waals surface area contributed by atoms with Crippen LogP contribution in [0.5, 0.6) is 11.5 Å². The van der Waals surface area contributed by atoms with Gasteiger partial charge in [0.15, 0.2) is 11.5 Å². The smallest absolute Gasteiger partial charge is 0.251 e. The molecule has 0 aliphatic heterocycles. The van der Waals surface area contributed by atoms with Gasteiger partial charge in [0.2, 0.25) is 0 Å². The van der Waals surface area contributed by atoms with Crippen molar-refractivity contribution < 1.29 is 23.2 Å². The minimum absolute atomic E-state index is 0.220. The van der Waals surface area contributed by atoms with Crippen LogP contribution in [-0.4, -0.2) is 24.7 Å². The lowest BCUT2D eigenvalue weighted by Gasteiger charge is -2.12. The number of aryl methyl sites for hydroxylation is 2. The van der Waals surface area contributed by atoms with Gasteiger partial charge in [-0.15, -0.1) is 0 Å². The topological polar surface area (TPSA) is 73.6 Å². The van der Waals surface area contributed by atoms with E-state index in [2.05, 4.69) is 10.5 Å². The number of ether oxygens (including phenoxy) is 2. The van der Waals surface area contributed by atoms with Crippen LogP contribution in [0.3, 0.4) is 0 Å². The van der Waals surface area contributed by atoms with Gasteiger partial charge in [-0.3, -0.25) is 4.79 Å². The molecule has 3 rings (SSSR count). The number of nitrogens with zero attached hydrogens (tertiary/aromatic N) is 1. The second kappa shape index (κ2) is 9.23. The first-order valence-corrected chi connectivity index (χ1v) is 9.23. The van der Waals surface area contributed by atoms with Crippen LogP contribution >= 0.6 is 0 Å². The van der Waals surface area contributed by atoms with Gasteiger partial charge in [-0.2, -0.15) is 0 Å². The van der Waals surface area contributed by atoms with Crippen molar-refractivity contribution in [3.63, 3.8) is 0 Å². The standard InChI is InChI=1S/C22H23FN2O4/c1-14-19(15(2)29-25-14)13-28-20-9-6-17(12-21(20)27-3)22(26)24-11-10-16-4-7-18(23)8-5-16/h4-9,12H,10-11,13H2,1-3H3,(H,24,26). The molecule has 1 aromatic heterocycles. The molecule has 0 spiro atoms. The molecule has 3 aromatic rings. The third-order valence-electron chi connectivity index (χ3n) is 4.59. The highest BCUT2D eigenvalue weighted by Crippen LogP contribution is 2.29. The maximum atomic E-state index is 12.9. The Hall–Kier alpha value is -3.35. The van der Waals surface area contributed by atoms with E-state index in [0.717, 1.165) is 16.8 Å². The number of hydrogen-bond acceptors (Lipinski definition) is 5. The van der Waals surface area contributed by atoms with Crippen molar-refractivity contribution >= 4 is 5.91 Å². The van der Waals surface area contributed by atoms with Gasteiger partial charge in [-0.1, -0.05) is 17.3 Å². The zero-order chi connectivity index (χ0) is 20.8. The molecule has 1 heterocycles. The molecule has 0 bridgehead atoms. The van der Waals surface area contributed by atoms with E-state index in [0.29, 0.717) is 42.4 Å². The first kappa shape index (κ1) is 20.4. The minimum Gasteiger partial charge on any atom is -0.493 e. The fraction of sp³-hybridized carbons (Fsp3) is 0.273. The summed E-state index contributed by atoms with van der Waals surface area (Å²) in [6.07, 6.45) is 0.613.